The number of ether oxygens (including phenoxy) is 1. The number of aromatic nitrogens is 7. The molecule has 0 spiro atoms. The number of pyridine rings is 1. The van der Waals surface area contributed by atoms with Gasteiger partial charge in [-0.3, -0.25) is 14.3 Å². The number of nitrogens with zero attached hydrogens (tertiary/aromatic N) is 7. The first-order chi connectivity index (χ1) is 19.0. The summed E-state index contributed by atoms with van der Waals surface area (Å²) in [5, 5.41) is 19.3. The van der Waals surface area contributed by atoms with Crippen molar-refractivity contribution < 1.29 is 9.53 Å². The molecule has 12 heteroatoms. The number of halogens is 1. The van der Waals surface area contributed by atoms with Crippen molar-refractivity contribution in [1.29, 1.82) is 0 Å². The van der Waals surface area contributed by atoms with Crippen LogP contribution in [0.5, 0.6) is 0 Å². The summed E-state index contributed by atoms with van der Waals surface area (Å²) in [4.78, 5) is 25.2. The van der Waals surface area contributed by atoms with E-state index in [9.17, 15) is 9.59 Å². The van der Waals surface area contributed by atoms with Gasteiger partial charge in [-0.15, -0.1) is 5.10 Å². The van der Waals surface area contributed by atoms with Gasteiger partial charge < -0.3 is 14.6 Å². The lowest BCUT2D eigenvalue weighted by molar-refractivity contribution is 0.0946. The monoisotopic (exact) mass is 544 g/mol. The molecule has 0 atom stereocenters. The summed E-state index contributed by atoms with van der Waals surface area (Å²) >= 11 is 6.20. The first kappa shape index (κ1) is 26.0. The lowest BCUT2D eigenvalue weighted by atomic mass is 10.1. The summed E-state index contributed by atoms with van der Waals surface area (Å²) in [5.41, 5.74) is 4.37. The molecular formula is C27H25ClN8O3. The number of carbonyl (C=O) groups is 1. The summed E-state index contributed by atoms with van der Waals surface area (Å²) < 4.78 is 10.2. The molecule has 0 aliphatic rings. The predicted molar refractivity (Wildman–Crippen MR) is 144 cm³/mol. The maximum atomic E-state index is 13.2. The van der Waals surface area contributed by atoms with E-state index in [0.29, 0.717) is 35.1 Å². The van der Waals surface area contributed by atoms with Gasteiger partial charge >= 0.3 is 0 Å². The number of amides is 1. The first-order valence-electron chi connectivity index (χ1n) is 12.1. The summed E-state index contributed by atoms with van der Waals surface area (Å²) in [6.07, 6.45) is 4.95. The van der Waals surface area contributed by atoms with Crippen LogP contribution in [0.15, 0.2) is 84.2 Å². The fourth-order valence-electron chi connectivity index (χ4n) is 4.16. The van der Waals surface area contributed by atoms with Gasteiger partial charge in [-0.05, 0) is 51.4 Å². The number of rotatable bonds is 10. The highest BCUT2D eigenvalue weighted by Gasteiger charge is 2.18. The van der Waals surface area contributed by atoms with Crippen LogP contribution in [0.4, 0.5) is 0 Å². The Morgan fingerprint density at radius 1 is 1.05 bits per heavy atom. The normalized spacial score (nSPS) is 11.0. The van der Waals surface area contributed by atoms with Crippen molar-refractivity contribution >= 4 is 17.5 Å². The molecule has 3 aromatic heterocycles. The number of nitrogens with one attached hydrogen (secondary N) is 1. The number of tetrazole rings is 1. The predicted octanol–water partition coefficient (Wildman–Crippen LogP) is 2.85. The highest BCUT2D eigenvalue weighted by Crippen LogP contribution is 2.19. The Balaban J connectivity index is 1.29. The van der Waals surface area contributed by atoms with Gasteiger partial charge in [-0.25, -0.2) is 4.68 Å². The second-order valence-corrected chi connectivity index (χ2v) is 9.25. The van der Waals surface area contributed by atoms with E-state index in [0.717, 1.165) is 16.7 Å². The highest BCUT2D eigenvalue weighted by atomic mass is 35.5. The van der Waals surface area contributed by atoms with Gasteiger partial charge in [0.25, 0.3) is 11.5 Å². The Bertz CT molecular complexity index is 1630. The average molecular weight is 545 g/mol. The number of carbonyl (C=O) groups excluding carboxylic acids is 1. The fraction of sp³-hybridized carbons (Fsp3) is 0.185. The van der Waals surface area contributed by atoms with E-state index < -0.39 is 0 Å². The zero-order valence-corrected chi connectivity index (χ0v) is 21.8. The van der Waals surface area contributed by atoms with Crippen molar-refractivity contribution in [3.63, 3.8) is 0 Å². The minimum atomic E-state index is -0.292. The molecular weight excluding hydrogens is 520 g/mol. The molecule has 1 N–H and O–H groups in total. The van der Waals surface area contributed by atoms with E-state index in [-0.39, 0.29) is 24.6 Å². The van der Waals surface area contributed by atoms with E-state index in [4.69, 9.17) is 16.3 Å². The molecule has 5 rings (SSSR count). The average Bonchev–Trinajstić information content (AvgIpc) is 3.61. The summed E-state index contributed by atoms with van der Waals surface area (Å²) in [7, 11) is 1.56. The van der Waals surface area contributed by atoms with Gasteiger partial charge in [0.2, 0.25) is 0 Å². The Labute approximate surface area is 228 Å². The molecule has 0 fully saturated rings. The van der Waals surface area contributed by atoms with Crippen LogP contribution < -0.4 is 10.9 Å². The van der Waals surface area contributed by atoms with Crippen molar-refractivity contribution in [3.05, 3.63) is 123 Å². The lowest BCUT2D eigenvalue weighted by Gasteiger charge is -2.10. The van der Waals surface area contributed by atoms with Gasteiger partial charge in [0.1, 0.15) is 12.0 Å². The van der Waals surface area contributed by atoms with Crippen LogP contribution in [0.25, 0.3) is 5.69 Å². The molecule has 1 amide bonds. The topological polar surface area (TPSA) is 122 Å². The quantitative estimate of drug-likeness (QED) is 0.287. The molecule has 39 heavy (non-hydrogen) atoms. The van der Waals surface area contributed by atoms with E-state index in [2.05, 4.69) is 25.9 Å². The molecule has 0 radical (unpaired) electrons. The van der Waals surface area contributed by atoms with Crippen LogP contribution >= 0.6 is 11.6 Å². The Hall–Kier alpha value is -4.61. The molecule has 11 nitrogen and oxygen atoms in total. The number of benzene rings is 2. The van der Waals surface area contributed by atoms with Crippen LogP contribution in [-0.4, -0.2) is 47.6 Å². The van der Waals surface area contributed by atoms with Crippen molar-refractivity contribution in [2.75, 3.05) is 7.11 Å². The number of methoxy groups -OCH3 is 1. The Morgan fingerprint density at radius 3 is 2.56 bits per heavy atom. The fourth-order valence-corrected chi connectivity index (χ4v) is 4.36. The molecule has 2 aromatic carbocycles. The largest absolute Gasteiger partial charge is 0.378 e. The number of hydrogen-bond acceptors (Lipinski definition) is 7. The van der Waals surface area contributed by atoms with Crippen molar-refractivity contribution in [2.45, 2.75) is 26.2 Å². The van der Waals surface area contributed by atoms with Crippen LogP contribution in [0.3, 0.4) is 0 Å². The third-order valence-electron chi connectivity index (χ3n) is 6.06. The van der Waals surface area contributed by atoms with Gasteiger partial charge in [0.15, 0.2) is 0 Å². The summed E-state index contributed by atoms with van der Waals surface area (Å²) in [5.74, 6) is -0.292. The molecule has 0 aliphatic heterocycles. The molecule has 0 unspecified atom stereocenters. The zero-order valence-electron chi connectivity index (χ0n) is 21.1. The number of hydrogen-bond donors (Lipinski definition) is 1. The lowest BCUT2D eigenvalue weighted by Crippen LogP contribution is -2.24. The molecule has 0 saturated heterocycles. The Morgan fingerprint density at radius 2 is 1.85 bits per heavy atom. The minimum Gasteiger partial charge on any atom is -0.378 e. The highest BCUT2D eigenvalue weighted by molar-refractivity contribution is 6.30. The van der Waals surface area contributed by atoms with Crippen molar-refractivity contribution in [2.24, 2.45) is 0 Å². The van der Waals surface area contributed by atoms with E-state index in [1.165, 1.54) is 11.0 Å². The molecule has 0 saturated carbocycles. The molecule has 0 aliphatic carbocycles. The van der Waals surface area contributed by atoms with E-state index >= 15 is 0 Å². The second-order valence-electron chi connectivity index (χ2n) is 8.81. The van der Waals surface area contributed by atoms with Gasteiger partial charge in [0.05, 0.1) is 30.9 Å². The van der Waals surface area contributed by atoms with Crippen LogP contribution in [0.1, 0.15) is 32.7 Å². The zero-order chi connectivity index (χ0) is 27.2. The maximum absolute atomic E-state index is 13.2. The van der Waals surface area contributed by atoms with Gasteiger partial charge in [-0.1, -0.05) is 41.9 Å². The summed E-state index contributed by atoms with van der Waals surface area (Å²) in [6, 6.07) is 18.3. The van der Waals surface area contributed by atoms with Crippen molar-refractivity contribution in [3.8, 4) is 5.69 Å². The smallest absolute Gasteiger partial charge is 0.255 e. The third-order valence-corrected chi connectivity index (χ3v) is 6.30. The standard InChI is InChI=1S/C27H25ClN8O3/c1-39-17-24-23(27(38)29-13-21-12-22(28)9-10-25(21)36-18-30-32-33-36)16-35(31-24)15-20-7-5-19(6-8-20)14-34-11-3-2-4-26(34)37/h2-12,16,18H,13-15,17H2,1H3,(H,29,38). The van der Waals surface area contributed by atoms with Crippen molar-refractivity contribution in [1.82, 2.24) is 39.9 Å². The van der Waals surface area contributed by atoms with E-state index in [1.54, 1.807) is 59.1 Å². The third kappa shape index (κ3) is 6.28. The minimum absolute atomic E-state index is 0.0448. The molecule has 5 aromatic rings. The van der Waals surface area contributed by atoms with Crippen LogP contribution in [0, 0.1) is 0 Å². The van der Waals surface area contributed by atoms with Gasteiger partial charge in [0, 0.05) is 37.1 Å². The van der Waals surface area contributed by atoms with Gasteiger partial charge in [-0.2, -0.15) is 5.10 Å². The second kappa shape index (κ2) is 11.8. The van der Waals surface area contributed by atoms with Crippen LogP contribution in [-0.2, 0) is 31.0 Å². The molecule has 3 heterocycles. The molecule has 198 valence electrons. The Kier molecular flexibility index (Phi) is 7.90. The summed E-state index contributed by atoms with van der Waals surface area (Å²) in [6.45, 7) is 1.35. The molecule has 0 bridgehead atoms. The first-order valence-corrected chi connectivity index (χ1v) is 12.5. The SMILES string of the molecule is COCc1nn(Cc2ccc(Cn3ccccc3=O)cc2)cc1C(=O)NCc1cc(Cl)ccc1-n1cnnn1. The van der Waals surface area contributed by atoms with E-state index in [1.807, 2.05) is 30.3 Å². The van der Waals surface area contributed by atoms with Crippen LogP contribution in [0.2, 0.25) is 5.02 Å². The maximum Gasteiger partial charge on any atom is 0.255 e.